The highest BCUT2D eigenvalue weighted by Crippen LogP contribution is 2.27. The third-order valence-electron chi connectivity index (χ3n) is 4.85. The Morgan fingerprint density at radius 1 is 1.35 bits per heavy atom. The molecule has 0 saturated carbocycles. The highest BCUT2D eigenvalue weighted by Gasteiger charge is 2.36. The molecule has 0 amide bonds. The van der Waals surface area contributed by atoms with E-state index in [-0.39, 0.29) is 5.54 Å². The molecule has 0 aromatic carbocycles. The molecule has 0 radical (unpaired) electrons. The molecule has 1 aromatic heterocycles. The Bertz CT molecular complexity index is 385. The second kappa shape index (κ2) is 7.16. The van der Waals surface area contributed by atoms with Crippen molar-refractivity contribution in [3.05, 3.63) is 30.1 Å². The summed E-state index contributed by atoms with van der Waals surface area (Å²) in [5, 5.41) is 0. The Morgan fingerprint density at radius 3 is 2.65 bits per heavy atom. The number of aromatic nitrogens is 1. The molecule has 1 fully saturated rings. The molecule has 1 aliphatic rings. The second-order valence-corrected chi connectivity index (χ2v) is 5.86. The van der Waals surface area contributed by atoms with E-state index in [0.29, 0.717) is 0 Å². The van der Waals surface area contributed by atoms with Gasteiger partial charge in [-0.05, 0) is 51.7 Å². The van der Waals surface area contributed by atoms with Gasteiger partial charge in [0.2, 0.25) is 0 Å². The van der Waals surface area contributed by atoms with Crippen LogP contribution in [0, 0.1) is 0 Å². The molecule has 0 aliphatic carbocycles. The zero-order valence-corrected chi connectivity index (χ0v) is 12.9. The van der Waals surface area contributed by atoms with Gasteiger partial charge in [-0.3, -0.25) is 9.88 Å². The van der Waals surface area contributed by atoms with Crippen LogP contribution in [0.1, 0.15) is 25.5 Å². The molecule has 1 aliphatic heterocycles. The standard InChI is InChI=1S/C16H28N4/c1-3-20-12-8-16(14-17,9-13-20)19(2)11-7-15-6-4-5-10-18-15/h4-6,10H,3,7-9,11-14,17H2,1-2H3. The van der Waals surface area contributed by atoms with E-state index < -0.39 is 0 Å². The molecular weight excluding hydrogens is 248 g/mol. The van der Waals surface area contributed by atoms with E-state index in [1.54, 1.807) is 0 Å². The SMILES string of the molecule is CCN1CCC(CN)(N(C)CCc2ccccn2)CC1. The molecule has 112 valence electrons. The average Bonchev–Trinajstić information content (AvgIpc) is 2.53. The molecule has 4 heteroatoms. The van der Waals surface area contributed by atoms with Crippen molar-refractivity contribution >= 4 is 0 Å². The minimum Gasteiger partial charge on any atom is -0.329 e. The van der Waals surface area contributed by atoms with Crippen LogP contribution >= 0.6 is 0 Å². The van der Waals surface area contributed by atoms with Crippen molar-refractivity contribution < 1.29 is 0 Å². The van der Waals surface area contributed by atoms with Crippen molar-refractivity contribution in [2.75, 3.05) is 39.8 Å². The number of likely N-dealkylation sites (tertiary alicyclic amines) is 1. The van der Waals surface area contributed by atoms with Gasteiger partial charge in [0.15, 0.2) is 0 Å². The molecule has 0 bridgehead atoms. The fourth-order valence-corrected chi connectivity index (χ4v) is 3.09. The maximum Gasteiger partial charge on any atom is 0.0416 e. The van der Waals surface area contributed by atoms with Crippen molar-refractivity contribution in [2.24, 2.45) is 5.73 Å². The third-order valence-corrected chi connectivity index (χ3v) is 4.85. The van der Waals surface area contributed by atoms with E-state index in [1.165, 1.54) is 25.9 Å². The first-order valence-electron chi connectivity index (χ1n) is 7.74. The number of hydrogen-bond acceptors (Lipinski definition) is 4. The third kappa shape index (κ3) is 3.57. The molecule has 4 nitrogen and oxygen atoms in total. The molecule has 0 spiro atoms. The summed E-state index contributed by atoms with van der Waals surface area (Å²) in [6.07, 6.45) is 5.22. The van der Waals surface area contributed by atoms with Crippen LogP contribution in [0.5, 0.6) is 0 Å². The van der Waals surface area contributed by atoms with Gasteiger partial charge in [-0.15, -0.1) is 0 Å². The Hall–Kier alpha value is -0.970. The lowest BCUT2D eigenvalue weighted by Crippen LogP contribution is -2.58. The molecule has 0 unspecified atom stereocenters. The lowest BCUT2D eigenvalue weighted by Gasteiger charge is -2.47. The monoisotopic (exact) mass is 276 g/mol. The van der Waals surface area contributed by atoms with Gasteiger partial charge in [0.05, 0.1) is 0 Å². The van der Waals surface area contributed by atoms with Crippen molar-refractivity contribution in [1.29, 1.82) is 0 Å². The first-order chi connectivity index (χ1) is 9.70. The van der Waals surface area contributed by atoms with Gasteiger partial charge in [-0.25, -0.2) is 0 Å². The van der Waals surface area contributed by atoms with Crippen molar-refractivity contribution in [2.45, 2.75) is 31.7 Å². The van der Waals surface area contributed by atoms with E-state index in [2.05, 4.69) is 40.9 Å². The number of pyridine rings is 1. The highest BCUT2D eigenvalue weighted by atomic mass is 15.2. The van der Waals surface area contributed by atoms with Crippen LogP contribution in [-0.4, -0.2) is 60.1 Å². The van der Waals surface area contributed by atoms with E-state index in [1.807, 2.05) is 12.3 Å². The fourth-order valence-electron chi connectivity index (χ4n) is 3.09. The fraction of sp³-hybridized carbons (Fsp3) is 0.688. The second-order valence-electron chi connectivity index (χ2n) is 5.86. The summed E-state index contributed by atoms with van der Waals surface area (Å²) in [7, 11) is 2.22. The van der Waals surface area contributed by atoms with Crippen LogP contribution < -0.4 is 5.73 Å². The van der Waals surface area contributed by atoms with E-state index in [0.717, 1.165) is 31.7 Å². The van der Waals surface area contributed by atoms with E-state index in [9.17, 15) is 0 Å². The van der Waals surface area contributed by atoms with Crippen LogP contribution in [0.25, 0.3) is 0 Å². The minimum absolute atomic E-state index is 0.181. The Kier molecular flexibility index (Phi) is 5.52. The summed E-state index contributed by atoms with van der Waals surface area (Å²) in [6, 6.07) is 6.12. The molecule has 0 atom stereocenters. The van der Waals surface area contributed by atoms with Gasteiger partial charge in [0.1, 0.15) is 0 Å². The lowest BCUT2D eigenvalue weighted by molar-refractivity contribution is 0.0478. The molecule has 1 aromatic rings. The van der Waals surface area contributed by atoms with Crippen LogP contribution in [0.15, 0.2) is 24.4 Å². The summed E-state index contributed by atoms with van der Waals surface area (Å²) in [4.78, 5) is 9.38. The summed E-state index contributed by atoms with van der Waals surface area (Å²) < 4.78 is 0. The van der Waals surface area contributed by atoms with Gasteiger partial charge in [0.25, 0.3) is 0 Å². The largest absolute Gasteiger partial charge is 0.329 e. The zero-order chi connectivity index (χ0) is 14.4. The van der Waals surface area contributed by atoms with E-state index >= 15 is 0 Å². The van der Waals surface area contributed by atoms with Gasteiger partial charge in [-0.2, -0.15) is 0 Å². The molecule has 2 rings (SSSR count). The van der Waals surface area contributed by atoms with Crippen molar-refractivity contribution in [1.82, 2.24) is 14.8 Å². The lowest BCUT2D eigenvalue weighted by atomic mass is 9.85. The minimum atomic E-state index is 0.181. The predicted octanol–water partition coefficient (Wildman–Crippen LogP) is 1.37. The molecule has 1 saturated heterocycles. The average molecular weight is 276 g/mol. The van der Waals surface area contributed by atoms with Gasteiger partial charge >= 0.3 is 0 Å². The normalized spacial score (nSPS) is 19.4. The smallest absolute Gasteiger partial charge is 0.0416 e. The number of hydrogen-bond donors (Lipinski definition) is 1. The highest BCUT2D eigenvalue weighted by molar-refractivity contribution is 5.04. The molecule has 2 heterocycles. The predicted molar refractivity (Wildman–Crippen MR) is 83.7 cm³/mol. The summed E-state index contributed by atoms with van der Waals surface area (Å²) in [5.74, 6) is 0. The zero-order valence-electron chi connectivity index (χ0n) is 12.9. The molecule has 2 N–H and O–H groups in total. The summed E-state index contributed by atoms with van der Waals surface area (Å²) in [5.41, 5.74) is 7.46. The maximum atomic E-state index is 6.12. The van der Waals surface area contributed by atoms with Crippen LogP contribution in [0.2, 0.25) is 0 Å². The Balaban J connectivity index is 1.90. The van der Waals surface area contributed by atoms with Crippen molar-refractivity contribution in [3.8, 4) is 0 Å². The van der Waals surface area contributed by atoms with Crippen LogP contribution in [0.3, 0.4) is 0 Å². The first kappa shape index (κ1) is 15.4. The van der Waals surface area contributed by atoms with Crippen LogP contribution in [-0.2, 0) is 6.42 Å². The topological polar surface area (TPSA) is 45.4 Å². The number of rotatable bonds is 6. The summed E-state index contributed by atoms with van der Waals surface area (Å²) >= 11 is 0. The van der Waals surface area contributed by atoms with E-state index in [4.69, 9.17) is 5.73 Å². The quantitative estimate of drug-likeness (QED) is 0.852. The van der Waals surface area contributed by atoms with Gasteiger partial charge in [-0.1, -0.05) is 13.0 Å². The number of likely N-dealkylation sites (N-methyl/N-ethyl adjacent to an activating group) is 1. The number of nitrogens with two attached hydrogens (primary N) is 1. The van der Waals surface area contributed by atoms with Crippen LogP contribution in [0.4, 0.5) is 0 Å². The van der Waals surface area contributed by atoms with Crippen molar-refractivity contribution in [3.63, 3.8) is 0 Å². The molecular formula is C16H28N4. The maximum absolute atomic E-state index is 6.12. The molecule has 20 heavy (non-hydrogen) atoms. The summed E-state index contributed by atoms with van der Waals surface area (Å²) in [6.45, 7) is 7.51. The number of nitrogens with zero attached hydrogens (tertiary/aromatic N) is 3. The Labute approximate surface area is 123 Å². The number of piperidine rings is 1. The Morgan fingerprint density at radius 2 is 2.10 bits per heavy atom. The van der Waals surface area contributed by atoms with Gasteiger partial charge in [0, 0.05) is 36.9 Å². The van der Waals surface area contributed by atoms with Gasteiger partial charge < -0.3 is 10.6 Å². The first-order valence-corrected chi connectivity index (χ1v) is 7.74.